The van der Waals surface area contributed by atoms with Gasteiger partial charge in [0.15, 0.2) is 0 Å². The monoisotopic (exact) mass is 393 g/mol. The lowest BCUT2D eigenvalue weighted by atomic mass is 10.2. The van der Waals surface area contributed by atoms with E-state index in [2.05, 4.69) is 10.2 Å². The Morgan fingerprint density at radius 3 is 2.42 bits per heavy atom. The van der Waals surface area contributed by atoms with Crippen LogP contribution in [-0.2, 0) is 10.0 Å². The lowest BCUT2D eigenvalue weighted by Crippen LogP contribution is -2.47. The Bertz CT molecular complexity index is 909. The second kappa shape index (κ2) is 7.75. The van der Waals surface area contributed by atoms with E-state index in [0.29, 0.717) is 36.9 Å². The predicted octanol–water partition coefficient (Wildman–Crippen LogP) is 2.53. The van der Waals surface area contributed by atoms with Gasteiger partial charge in [-0.3, -0.25) is 4.79 Å². The molecule has 1 aliphatic rings. The lowest BCUT2D eigenvalue weighted by Gasteiger charge is -2.31. The first-order valence-electron chi connectivity index (χ1n) is 8.22. The molecule has 1 fully saturated rings. The number of anilines is 1. The van der Waals surface area contributed by atoms with Crippen molar-refractivity contribution in [3.8, 4) is 0 Å². The number of para-hydroxylation sites is 1. The maximum atomic E-state index is 12.8. The molecule has 8 heteroatoms. The first-order chi connectivity index (χ1) is 12.4. The zero-order valence-electron chi connectivity index (χ0n) is 14.4. The van der Waals surface area contributed by atoms with Gasteiger partial charge >= 0.3 is 0 Å². The molecule has 6 nitrogen and oxygen atoms in total. The first kappa shape index (κ1) is 18.8. The third kappa shape index (κ3) is 4.07. The van der Waals surface area contributed by atoms with Gasteiger partial charge in [-0.05, 0) is 37.4 Å². The zero-order valence-corrected chi connectivity index (χ0v) is 15.9. The van der Waals surface area contributed by atoms with Crippen LogP contribution in [0.3, 0.4) is 0 Å². The van der Waals surface area contributed by atoms with Crippen LogP contribution in [-0.4, -0.2) is 56.8 Å². The van der Waals surface area contributed by atoms with Gasteiger partial charge in [-0.1, -0.05) is 29.8 Å². The molecular weight excluding hydrogens is 374 g/mol. The number of amides is 1. The molecule has 0 aliphatic carbocycles. The zero-order chi connectivity index (χ0) is 18.7. The second-order valence-corrected chi connectivity index (χ2v) is 8.51. The van der Waals surface area contributed by atoms with Gasteiger partial charge in [-0.15, -0.1) is 0 Å². The fourth-order valence-corrected chi connectivity index (χ4v) is 4.38. The van der Waals surface area contributed by atoms with Crippen LogP contribution in [0.5, 0.6) is 0 Å². The summed E-state index contributed by atoms with van der Waals surface area (Å²) in [5.74, 6) is -0.409. The predicted molar refractivity (Wildman–Crippen MR) is 102 cm³/mol. The molecule has 138 valence electrons. The van der Waals surface area contributed by atoms with Gasteiger partial charge in [-0.25, -0.2) is 8.42 Å². The van der Waals surface area contributed by atoms with Crippen LogP contribution in [0.15, 0.2) is 53.4 Å². The summed E-state index contributed by atoms with van der Waals surface area (Å²) in [6, 6.07) is 13.0. The summed E-state index contributed by atoms with van der Waals surface area (Å²) in [5.41, 5.74) is 0.742. The number of sulfonamides is 1. The van der Waals surface area contributed by atoms with E-state index in [0.717, 1.165) is 0 Å². The van der Waals surface area contributed by atoms with Crippen molar-refractivity contribution < 1.29 is 13.2 Å². The topological polar surface area (TPSA) is 69.7 Å². The second-order valence-electron chi connectivity index (χ2n) is 6.17. The average molecular weight is 394 g/mol. The number of piperazine rings is 1. The number of hydrogen-bond donors (Lipinski definition) is 1. The third-order valence-corrected chi connectivity index (χ3v) is 6.54. The quantitative estimate of drug-likeness (QED) is 0.866. The first-order valence-corrected chi connectivity index (χ1v) is 10.0. The summed E-state index contributed by atoms with van der Waals surface area (Å²) in [6.07, 6.45) is 0. The molecule has 0 aromatic heterocycles. The van der Waals surface area contributed by atoms with Crippen molar-refractivity contribution in [1.82, 2.24) is 9.21 Å². The van der Waals surface area contributed by atoms with Crippen LogP contribution in [0, 0.1) is 0 Å². The molecule has 26 heavy (non-hydrogen) atoms. The van der Waals surface area contributed by atoms with Gasteiger partial charge in [0.25, 0.3) is 5.91 Å². The van der Waals surface area contributed by atoms with Crippen molar-refractivity contribution in [2.24, 2.45) is 0 Å². The molecular formula is C18H20ClN3O3S. The van der Waals surface area contributed by atoms with Crippen molar-refractivity contribution in [2.75, 3.05) is 38.5 Å². The fourth-order valence-electron chi connectivity index (χ4n) is 2.73. The molecule has 0 unspecified atom stereocenters. The smallest absolute Gasteiger partial charge is 0.255 e. The number of hydrogen-bond acceptors (Lipinski definition) is 4. The van der Waals surface area contributed by atoms with E-state index in [-0.39, 0.29) is 10.5 Å². The number of rotatable bonds is 4. The number of nitrogens with zero attached hydrogens (tertiary/aromatic N) is 2. The highest BCUT2D eigenvalue weighted by molar-refractivity contribution is 7.89. The van der Waals surface area contributed by atoms with Crippen LogP contribution >= 0.6 is 11.6 Å². The molecule has 0 bridgehead atoms. The molecule has 1 amide bonds. The lowest BCUT2D eigenvalue weighted by molar-refractivity contribution is 0.102. The minimum absolute atomic E-state index is 0.119. The van der Waals surface area contributed by atoms with Crippen LogP contribution in [0.2, 0.25) is 5.02 Å². The third-order valence-electron chi connectivity index (χ3n) is 4.32. The van der Waals surface area contributed by atoms with Gasteiger partial charge in [0.2, 0.25) is 10.0 Å². The van der Waals surface area contributed by atoms with E-state index in [1.54, 1.807) is 36.4 Å². The number of nitrogens with one attached hydrogen (secondary N) is 1. The highest BCUT2D eigenvalue weighted by atomic mass is 35.5. The molecule has 2 aromatic carbocycles. The number of benzene rings is 2. The van der Waals surface area contributed by atoms with Gasteiger partial charge < -0.3 is 10.2 Å². The fraction of sp³-hybridized carbons (Fsp3) is 0.278. The van der Waals surface area contributed by atoms with E-state index in [1.165, 1.54) is 16.4 Å². The molecule has 0 saturated carbocycles. The normalized spacial score (nSPS) is 16.4. The van der Waals surface area contributed by atoms with Gasteiger partial charge in [0, 0.05) is 31.7 Å². The van der Waals surface area contributed by atoms with Gasteiger partial charge in [-0.2, -0.15) is 4.31 Å². The van der Waals surface area contributed by atoms with Crippen LogP contribution in [0.25, 0.3) is 0 Å². The number of carbonyl (C=O) groups excluding carboxylic acids is 1. The van der Waals surface area contributed by atoms with E-state index < -0.39 is 15.9 Å². The summed E-state index contributed by atoms with van der Waals surface area (Å²) in [4.78, 5) is 14.7. The largest absolute Gasteiger partial charge is 0.321 e. The molecule has 1 saturated heterocycles. The Morgan fingerprint density at radius 2 is 1.73 bits per heavy atom. The Labute approximate surface area is 158 Å². The van der Waals surface area contributed by atoms with Crippen LogP contribution in [0.1, 0.15) is 10.4 Å². The Morgan fingerprint density at radius 1 is 1.04 bits per heavy atom. The maximum absolute atomic E-state index is 12.8. The van der Waals surface area contributed by atoms with E-state index >= 15 is 0 Å². The molecule has 1 heterocycles. The van der Waals surface area contributed by atoms with Crippen LogP contribution < -0.4 is 5.32 Å². The van der Waals surface area contributed by atoms with E-state index in [1.807, 2.05) is 7.05 Å². The summed E-state index contributed by atoms with van der Waals surface area (Å²) in [6.45, 7) is 2.25. The van der Waals surface area contributed by atoms with Crippen molar-refractivity contribution in [1.29, 1.82) is 0 Å². The highest BCUT2D eigenvalue weighted by Gasteiger charge is 2.28. The SMILES string of the molecule is CN1CCN(S(=O)(=O)c2cccc(C(=O)Nc3ccccc3Cl)c2)CC1. The summed E-state index contributed by atoms with van der Waals surface area (Å²) in [7, 11) is -1.66. The summed E-state index contributed by atoms with van der Waals surface area (Å²) >= 11 is 6.05. The molecule has 1 N–H and O–H groups in total. The molecule has 2 aromatic rings. The minimum atomic E-state index is -3.62. The van der Waals surface area contributed by atoms with Gasteiger partial charge in [0.05, 0.1) is 15.6 Å². The van der Waals surface area contributed by atoms with Crippen molar-refractivity contribution >= 4 is 33.2 Å². The Kier molecular flexibility index (Phi) is 5.62. The Hall–Kier alpha value is -1.93. The van der Waals surface area contributed by atoms with E-state index in [4.69, 9.17) is 11.6 Å². The average Bonchev–Trinajstić information content (AvgIpc) is 2.64. The number of carbonyl (C=O) groups is 1. The standard InChI is InChI=1S/C18H20ClN3O3S/c1-21-9-11-22(12-10-21)26(24,25)15-6-4-5-14(13-15)18(23)20-17-8-3-2-7-16(17)19/h2-8,13H,9-12H2,1H3,(H,20,23). The molecule has 1 aliphatic heterocycles. The summed E-state index contributed by atoms with van der Waals surface area (Å²) in [5, 5.41) is 3.12. The minimum Gasteiger partial charge on any atom is -0.321 e. The highest BCUT2D eigenvalue weighted by Crippen LogP contribution is 2.23. The Balaban J connectivity index is 1.81. The van der Waals surface area contributed by atoms with Crippen molar-refractivity contribution in [3.05, 3.63) is 59.1 Å². The summed E-state index contributed by atoms with van der Waals surface area (Å²) < 4.78 is 27.1. The number of likely N-dealkylation sites (N-methyl/N-ethyl adjacent to an activating group) is 1. The van der Waals surface area contributed by atoms with Gasteiger partial charge in [0.1, 0.15) is 0 Å². The molecule has 0 radical (unpaired) electrons. The molecule has 0 atom stereocenters. The molecule has 0 spiro atoms. The van der Waals surface area contributed by atoms with E-state index in [9.17, 15) is 13.2 Å². The van der Waals surface area contributed by atoms with Crippen molar-refractivity contribution in [2.45, 2.75) is 4.90 Å². The van der Waals surface area contributed by atoms with Crippen LogP contribution in [0.4, 0.5) is 5.69 Å². The van der Waals surface area contributed by atoms with Crippen molar-refractivity contribution in [3.63, 3.8) is 0 Å². The maximum Gasteiger partial charge on any atom is 0.255 e. The number of halogens is 1. The molecule has 3 rings (SSSR count).